The molecule has 0 N–H and O–H groups in total. The maximum atomic E-state index is 4.50. The summed E-state index contributed by atoms with van der Waals surface area (Å²) in [5.74, 6) is 0. The Morgan fingerprint density at radius 3 is 1.95 bits per heavy atom. The number of nitrogens with zero attached hydrogens (tertiary/aromatic N) is 2. The van der Waals surface area contributed by atoms with E-state index in [-0.39, 0.29) is 0 Å². The van der Waals surface area contributed by atoms with Gasteiger partial charge < -0.3 is 4.48 Å². The molecular weight excluding hydrogens is 232 g/mol. The molecule has 114 valence electrons. The van der Waals surface area contributed by atoms with Crippen LogP contribution in [-0.2, 0) is 0 Å². The third kappa shape index (κ3) is 17.6. The number of unbranched alkanes of at least 4 members (excludes halogenated alkanes) is 8. The van der Waals surface area contributed by atoms with Gasteiger partial charge in [0.1, 0.15) is 0 Å². The zero-order valence-electron chi connectivity index (χ0n) is 14.0. The minimum absolute atomic E-state index is 1.01. The molecule has 0 amide bonds. The number of aliphatic imine (C=N–C) groups is 1. The molecule has 0 atom stereocenters. The quantitative estimate of drug-likeness (QED) is 0.261. The molecule has 0 rings (SSSR count). The number of hydrogen-bond acceptors (Lipinski definition) is 1. The van der Waals surface area contributed by atoms with E-state index in [1.807, 2.05) is 0 Å². The second-order valence-corrected chi connectivity index (χ2v) is 6.72. The predicted octanol–water partition coefficient (Wildman–Crippen LogP) is 4.68. The normalized spacial score (nSPS) is 12.4. The molecule has 0 aromatic carbocycles. The van der Waals surface area contributed by atoms with Gasteiger partial charge in [-0.15, -0.1) is 0 Å². The summed E-state index contributed by atoms with van der Waals surface area (Å²) in [6.07, 6.45) is 15.7. The van der Waals surface area contributed by atoms with Gasteiger partial charge in [-0.05, 0) is 19.1 Å². The van der Waals surface area contributed by atoms with Gasteiger partial charge in [0.2, 0.25) is 0 Å². The van der Waals surface area contributed by atoms with Gasteiger partial charge in [-0.25, -0.2) is 0 Å². The average Bonchev–Trinajstić information content (AvgIpc) is 2.34. The van der Waals surface area contributed by atoms with E-state index in [1.165, 1.54) is 70.8 Å². The molecule has 0 heterocycles. The molecule has 0 aliphatic carbocycles. The summed E-state index contributed by atoms with van der Waals surface area (Å²) in [4.78, 5) is 4.50. The highest BCUT2D eigenvalue weighted by atomic mass is 15.3. The lowest BCUT2D eigenvalue weighted by Gasteiger charge is -2.23. The molecule has 0 radical (unpaired) electrons. The van der Waals surface area contributed by atoms with Crippen molar-refractivity contribution >= 4 is 6.21 Å². The summed E-state index contributed by atoms with van der Waals surface area (Å²) in [7, 11) is 6.72. The number of rotatable bonds is 13. The molecular formula is C17H37N2+. The molecule has 0 aliphatic heterocycles. The topological polar surface area (TPSA) is 12.4 Å². The largest absolute Gasteiger partial charge is 0.331 e. The monoisotopic (exact) mass is 269 g/mol. The maximum Gasteiger partial charge on any atom is 0.0798 e. The molecule has 0 saturated heterocycles. The van der Waals surface area contributed by atoms with E-state index in [0.29, 0.717) is 0 Å². The Morgan fingerprint density at radius 1 is 0.789 bits per heavy atom. The Kier molecular flexibility index (Phi) is 12.4. The van der Waals surface area contributed by atoms with Crippen molar-refractivity contribution < 1.29 is 4.48 Å². The summed E-state index contributed by atoms with van der Waals surface area (Å²) in [6, 6.07) is 0. The third-order valence-corrected chi connectivity index (χ3v) is 3.43. The molecule has 0 spiro atoms. The molecule has 0 aliphatic rings. The highest BCUT2D eigenvalue weighted by Crippen LogP contribution is 2.08. The smallest absolute Gasteiger partial charge is 0.0798 e. The van der Waals surface area contributed by atoms with E-state index in [2.05, 4.69) is 39.3 Å². The summed E-state index contributed by atoms with van der Waals surface area (Å²) in [5, 5.41) is 0. The van der Waals surface area contributed by atoms with E-state index >= 15 is 0 Å². The predicted molar refractivity (Wildman–Crippen MR) is 88.1 cm³/mol. The first kappa shape index (κ1) is 18.6. The first-order chi connectivity index (χ1) is 9.06. The molecule has 2 heteroatoms. The second-order valence-electron chi connectivity index (χ2n) is 6.72. The molecule has 0 aromatic rings. The zero-order chi connectivity index (χ0) is 14.4. The van der Waals surface area contributed by atoms with Crippen LogP contribution in [0.1, 0.15) is 71.1 Å². The van der Waals surface area contributed by atoms with Gasteiger partial charge in [0.15, 0.2) is 0 Å². The minimum atomic E-state index is 1.01. The fraction of sp³-hybridized carbons (Fsp3) is 0.941. The van der Waals surface area contributed by atoms with Crippen LogP contribution >= 0.6 is 0 Å². The lowest BCUT2D eigenvalue weighted by atomic mass is 10.1. The van der Waals surface area contributed by atoms with Crippen LogP contribution in [0.25, 0.3) is 0 Å². The summed E-state index contributed by atoms with van der Waals surface area (Å²) >= 11 is 0. The van der Waals surface area contributed by atoms with Crippen molar-refractivity contribution in [2.75, 3.05) is 34.2 Å². The van der Waals surface area contributed by atoms with E-state index < -0.39 is 0 Å². The van der Waals surface area contributed by atoms with Crippen LogP contribution in [0.2, 0.25) is 0 Å². The van der Waals surface area contributed by atoms with Crippen molar-refractivity contribution in [3.05, 3.63) is 0 Å². The van der Waals surface area contributed by atoms with Crippen molar-refractivity contribution in [1.82, 2.24) is 0 Å². The average molecular weight is 269 g/mol. The molecule has 0 bridgehead atoms. The van der Waals surface area contributed by atoms with E-state index in [4.69, 9.17) is 0 Å². The minimum Gasteiger partial charge on any atom is -0.331 e. The first-order valence-corrected chi connectivity index (χ1v) is 8.35. The number of quaternary nitrogens is 1. The Bertz CT molecular complexity index is 204. The van der Waals surface area contributed by atoms with Crippen LogP contribution in [0.5, 0.6) is 0 Å². The summed E-state index contributed by atoms with van der Waals surface area (Å²) < 4.78 is 1.05. The van der Waals surface area contributed by atoms with E-state index in [9.17, 15) is 0 Å². The van der Waals surface area contributed by atoms with E-state index in [0.717, 1.165) is 11.0 Å². The van der Waals surface area contributed by atoms with Crippen LogP contribution in [0.15, 0.2) is 4.99 Å². The fourth-order valence-electron chi connectivity index (χ4n) is 2.19. The van der Waals surface area contributed by atoms with Crippen molar-refractivity contribution in [3.8, 4) is 0 Å². The lowest BCUT2D eigenvalue weighted by molar-refractivity contribution is -0.870. The first-order valence-electron chi connectivity index (χ1n) is 8.35. The molecule has 0 saturated carbocycles. The van der Waals surface area contributed by atoms with Crippen molar-refractivity contribution in [2.45, 2.75) is 71.1 Å². The van der Waals surface area contributed by atoms with E-state index in [1.54, 1.807) is 0 Å². The highest BCUT2D eigenvalue weighted by molar-refractivity contribution is 5.56. The highest BCUT2D eigenvalue weighted by Gasteiger charge is 2.04. The van der Waals surface area contributed by atoms with Gasteiger partial charge >= 0.3 is 0 Å². The molecule has 19 heavy (non-hydrogen) atoms. The van der Waals surface area contributed by atoms with Gasteiger partial charge in [0, 0.05) is 13.0 Å². The summed E-state index contributed by atoms with van der Waals surface area (Å²) in [6.45, 7) is 4.50. The molecule has 0 unspecified atom stereocenters. The van der Waals surface area contributed by atoms with Crippen LogP contribution < -0.4 is 0 Å². The fourth-order valence-corrected chi connectivity index (χ4v) is 2.19. The number of hydrogen-bond donors (Lipinski definition) is 0. The van der Waals surface area contributed by atoms with Crippen molar-refractivity contribution in [2.24, 2.45) is 4.99 Å². The standard InChI is InChI=1S/C17H37N2/c1-5-6-7-8-9-10-11-12-13-15-18-16-14-17-19(2,3)4/h15H,5-14,16-17H2,1-4H3/q+1. The van der Waals surface area contributed by atoms with Gasteiger partial charge in [-0.1, -0.05) is 51.9 Å². The summed E-state index contributed by atoms with van der Waals surface area (Å²) in [5.41, 5.74) is 0. The van der Waals surface area contributed by atoms with Crippen LogP contribution in [0.3, 0.4) is 0 Å². The van der Waals surface area contributed by atoms with Crippen LogP contribution in [-0.4, -0.2) is 44.9 Å². The van der Waals surface area contributed by atoms with Gasteiger partial charge in [0.25, 0.3) is 0 Å². The van der Waals surface area contributed by atoms with Crippen LogP contribution in [0, 0.1) is 0 Å². The second kappa shape index (κ2) is 12.7. The Labute approximate surface area is 121 Å². The Hall–Kier alpha value is -0.370. The van der Waals surface area contributed by atoms with Crippen molar-refractivity contribution in [3.63, 3.8) is 0 Å². The lowest BCUT2D eigenvalue weighted by Crippen LogP contribution is -2.35. The van der Waals surface area contributed by atoms with Gasteiger partial charge in [0.05, 0.1) is 27.7 Å². The van der Waals surface area contributed by atoms with Crippen LogP contribution in [0.4, 0.5) is 0 Å². The maximum absolute atomic E-state index is 4.50. The SMILES string of the molecule is CCCCCCCCCCC=NCCC[N+](C)(C)C. The van der Waals surface area contributed by atoms with Gasteiger partial charge in [-0.2, -0.15) is 0 Å². The third-order valence-electron chi connectivity index (χ3n) is 3.43. The molecule has 0 fully saturated rings. The zero-order valence-corrected chi connectivity index (χ0v) is 14.0. The Balaban J connectivity index is 3.13. The van der Waals surface area contributed by atoms with Crippen molar-refractivity contribution in [1.29, 1.82) is 0 Å². The Morgan fingerprint density at radius 2 is 1.37 bits per heavy atom. The van der Waals surface area contributed by atoms with Gasteiger partial charge in [-0.3, -0.25) is 4.99 Å². The molecule has 2 nitrogen and oxygen atoms in total. The molecule has 0 aromatic heterocycles.